The minimum Gasteiger partial charge on any atom is -0.316 e. The van der Waals surface area contributed by atoms with Crippen LogP contribution in [-0.2, 0) is 6.42 Å². The second kappa shape index (κ2) is 6.78. The van der Waals surface area contributed by atoms with Crippen molar-refractivity contribution in [2.45, 2.75) is 37.0 Å². The van der Waals surface area contributed by atoms with E-state index in [0.717, 1.165) is 12.0 Å². The third-order valence-electron chi connectivity index (χ3n) is 3.48. The maximum absolute atomic E-state index is 13.3. The van der Waals surface area contributed by atoms with Gasteiger partial charge in [0, 0.05) is 16.3 Å². The quantitative estimate of drug-likeness (QED) is 0.901. The average molecular weight is 288 g/mol. The van der Waals surface area contributed by atoms with E-state index in [-0.39, 0.29) is 5.82 Å². The summed E-state index contributed by atoms with van der Waals surface area (Å²) in [5.41, 5.74) is 0.905. The fraction of sp³-hybridized carbons (Fsp3) is 0.571. The molecule has 1 aromatic rings. The lowest BCUT2D eigenvalue weighted by molar-refractivity contribution is 0.493. The van der Waals surface area contributed by atoms with Crippen LogP contribution in [0.1, 0.15) is 24.8 Å². The Morgan fingerprint density at radius 1 is 1.50 bits per heavy atom. The highest BCUT2D eigenvalue weighted by atomic mass is 35.5. The summed E-state index contributed by atoms with van der Waals surface area (Å²) < 4.78 is 13.3. The maximum atomic E-state index is 13.3. The summed E-state index contributed by atoms with van der Waals surface area (Å²) in [6.45, 7) is 0. The van der Waals surface area contributed by atoms with Crippen molar-refractivity contribution in [1.29, 1.82) is 0 Å². The summed E-state index contributed by atoms with van der Waals surface area (Å²) in [6.07, 6.45) is 4.65. The van der Waals surface area contributed by atoms with Crippen molar-refractivity contribution in [3.63, 3.8) is 0 Å². The number of likely N-dealkylation sites (N-methyl/N-ethyl adjacent to an activating group) is 1. The molecule has 0 aliphatic carbocycles. The van der Waals surface area contributed by atoms with E-state index in [9.17, 15) is 4.39 Å². The Labute approximate surface area is 117 Å². The van der Waals surface area contributed by atoms with Gasteiger partial charge in [-0.05, 0) is 55.8 Å². The number of thioether (sulfide) groups is 1. The molecule has 18 heavy (non-hydrogen) atoms. The number of halogens is 2. The van der Waals surface area contributed by atoms with Gasteiger partial charge in [0.25, 0.3) is 0 Å². The van der Waals surface area contributed by atoms with Crippen LogP contribution >= 0.6 is 23.4 Å². The summed E-state index contributed by atoms with van der Waals surface area (Å²) in [4.78, 5) is 0. The molecule has 0 bridgehead atoms. The monoisotopic (exact) mass is 287 g/mol. The van der Waals surface area contributed by atoms with Crippen molar-refractivity contribution < 1.29 is 4.39 Å². The number of hydrogen-bond donors (Lipinski definition) is 1. The first-order valence-electron chi connectivity index (χ1n) is 6.43. The van der Waals surface area contributed by atoms with E-state index in [1.165, 1.54) is 31.1 Å². The molecule has 1 nitrogen and oxygen atoms in total. The van der Waals surface area contributed by atoms with Gasteiger partial charge in [-0.2, -0.15) is 11.8 Å². The van der Waals surface area contributed by atoms with E-state index in [1.807, 2.05) is 18.8 Å². The van der Waals surface area contributed by atoms with E-state index in [1.54, 1.807) is 12.1 Å². The normalized spacial score (nSPS) is 21.8. The number of nitrogens with one attached hydrogen (secondary N) is 1. The lowest BCUT2D eigenvalue weighted by Gasteiger charge is -2.30. The Morgan fingerprint density at radius 3 is 3.00 bits per heavy atom. The first kappa shape index (κ1) is 14.2. The topological polar surface area (TPSA) is 12.0 Å². The van der Waals surface area contributed by atoms with E-state index in [2.05, 4.69) is 5.32 Å². The van der Waals surface area contributed by atoms with E-state index in [4.69, 9.17) is 11.6 Å². The Hall–Kier alpha value is -0.250. The van der Waals surface area contributed by atoms with Crippen LogP contribution in [0.25, 0.3) is 0 Å². The Morgan fingerprint density at radius 2 is 2.33 bits per heavy atom. The second-order valence-electron chi connectivity index (χ2n) is 4.74. The van der Waals surface area contributed by atoms with Gasteiger partial charge in [0.15, 0.2) is 0 Å². The molecule has 0 spiro atoms. The zero-order valence-electron chi connectivity index (χ0n) is 10.6. The number of hydrogen-bond acceptors (Lipinski definition) is 2. The molecule has 0 saturated carbocycles. The fourth-order valence-electron chi connectivity index (χ4n) is 2.44. The highest BCUT2D eigenvalue weighted by Crippen LogP contribution is 2.30. The molecule has 0 radical (unpaired) electrons. The predicted octanol–water partition coefficient (Wildman–Crippen LogP) is 3.90. The van der Waals surface area contributed by atoms with Crippen LogP contribution in [0.2, 0.25) is 5.02 Å². The molecule has 1 aliphatic rings. The van der Waals surface area contributed by atoms with Gasteiger partial charge in [0.05, 0.1) is 0 Å². The van der Waals surface area contributed by atoms with Crippen molar-refractivity contribution in [1.82, 2.24) is 5.32 Å². The molecule has 1 saturated heterocycles. The summed E-state index contributed by atoms with van der Waals surface area (Å²) in [5.74, 6) is 1.03. The maximum Gasteiger partial charge on any atom is 0.123 e. The molecule has 1 aliphatic heterocycles. The van der Waals surface area contributed by atoms with Gasteiger partial charge < -0.3 is 5.32 Å². The molecule has 100 valence electrons. The Kier molecular flexibility index (Phi) is 5.34. The van der Waals surface area contributed by atoms with Gasteiger partial charge >= 0.3 is 0 Å². The SMILES string of the molecule is CNC(Cc1cc(F)ccc1Cl)C1CCCCS1. The van der Waals surface area contributed by atoms with Crippen LogP contribution in [0.3, 0.4) is 0 Å². The van der Waals surface area contributed by atoms with Crippen LogP contribution in [0.4, 0.5) is 4.39 Å². The molecule has 4 heteroatoms. The van der Waals surface area contributed by atoms with Crippen LogP contribution < -0.4 is 5.32 Å². The third-order valence-corrected chi connectivity index (χ3v) is 5.37. The van der Waals surface area contributed by atoms with Gasteiger partial charge in [0.1, 0.15) is 5.82 Å². The summed E-state index contributed by atoms with van der Waals surface area (Å²) in [5, 5.41) is 4.64. The minimum absolute atomic E-state index is 0.208. The zero-order chi connectivity index (χ0) is 13.0. The van der Waals surface area contributed by atoms with Gasteiger partial charge in [-0.25, -0.2) is 4.39 Å². The second-order valence-corrected chi connectivity index (χ2v) is 6.49. The first-order valence-corrected chi connectivity index (χ1v) is 7.86. The van der Waals surface area contributed by atoms with E-state index in [0.29, 0.717) is 16.3 Å². The van der Waals surface area contributed by atoms with Crippen LogP contribution in [-0.4, -0.2) is 24.1 Å². The molecule has 1 aromatic carbocycles. The van der Waals surface area contributed by atoms with Crippen molar-refractivity contribution in [2.24, 2.45) is 0 Å². The lowest BCUT2D eigenvalue weighted by atomic mass is 9.99. The largest absolute Gasteiger partial charge is 0.316 e. The minimum atomic E-state index is -0.208. The number of benzene rings is 1. The van der Waals surface area contributed by atoms with Crippen molar-refractivity contribution in [3.05, 3.63) is 34.6 Å². The Bertz CT molecular complexity index is 393. The summed E-state index contributed by atoms with van der Waals surface area (Å²) in [7, 11) is 1.98. The predicted molar refractivity (Wildman–Crippen MR) is 78.1 cm³/mol. The van der Waals surface area contributed by atoms with Crippen LogP contribution in [0.15, 0.2) is 18.2 Å². The first-order chi connectivity index (χ1) is 8.70. The number of rotatable bonds is 4. The molecule has 2 rings (SSSR count). The molecule has 0 aromatic heterocycles. The molecule has 1 fully saturated rings. The summed E-state index contributed by atoms with van der Waals surface area (Å²) in [6, 6.07) is 4.98. The van der Waals surface area contributed by atoms with Gasteiger partial charge in [0.2, 0.25) is 0 Å². The van der Waals surface area contributed by atoms with E-state index < -0.39 is 0 Å². The van der Waals surface area contributed by atoms with Crippen LogP contribution in [0.5, 0.6) is 0 Å². The van der Waals surface area contributed by atoms with Gasteiger partial charge in [-0.3, -0.25) is 0 Å². The molecule has 1 N–H and O–H groups in total. The molecule has 2 atom stereocenters. The van der Waals surface area contributed by atoms with E-state index >= 15 is 0 Å². The lowest BCUT2D eigenvalue weighted by Crippen LogP contribution is -2.39. The molecule has 1 heterocycles. The molecular formula is C14H19ClFNS. The van der Waals surface area contributed by atoms with Gasteiger partial charge in [-0.1, -0.05) is 18.0 Å². The Balaban J connectivity index is 2.06. The highest BCUT2D eigenvalue weighted by Gasteiger charge is 2.23. The molecular weight excluding hydrogens is 269 g/mol. The van der Waals surface area contributed by atoms with Crippen molar-refractivity contribution in [3.8, 4) is 0 Å². The van der Waals surface area contributed by atoms with Crippen molar-refractivity contribution >= 4 is 23.4 Å². The van der Waals surface area contributed by atoms with Crippen LogP contribution in [0, 0.1) is 5.82 Å². The van der Waals surface area contributed by atoms with Crippen molar-refractivity contribution in [2.75, 3.05) is 12.8 Å². The highest BCUT2D eigenvalue weighted by molar-refractivity contribution is 8.00. The fourth-order valence-corrected chi connectivity index (χ4v) is 4.11. The average Bonchev–Trinajstić information content (AvgIpc) is 2.41. The zero-order valence-corrected chi connectivity index (χ0v) is 12.2. The summed E-state index contributed by atoms with van der Waals surface area (Å²) >= 11 is 8.16. The standard InChI is InChI=1S/C14H19ClFNS/c1-17-13(14-4-2-3-7-18-14)9-10-8-11(16)5-6-12(10)15/h5-6,8,13-14,17H,2-4,7,9H2,1H3. The smallest absolute Gasteiger partial charge is 0.123 e. The molecule has 2 unspecified atom stereocenters. The van der Waals surface area contributed by atoms with Gasteiger partial charge in [-0.15, -0.1) is 0 Å². The third kappa shape index (κ3) is 3.62. The molecule has 0 amide bonds.